The highest BCUT2D eigenvalue weighted by Gasteiger charge is 2.20. The Bertz CT molecular complexity index is 393. The van der Waals surface area contributed by atoms with Crippen LogP contribution < -0.4 is 5.32 Å². The third-order valence-electron chi connectivity index (χ3n) is 3.10. The van der Waals surface area contributed by atoms with Gasteiger partial charge < -0.3 is 14.5 Å². The first-order valence-corrected chi connectivity index (χ1v) is 6.09. The summed E-state index contributed by atoms with van der Waals surface area (Å²) in [6.07, 6.45) is 4.01. The van der Waals surface area contributed by atoms with Crippen LogP contribution in [-0.4, -0.2) is 19.6 Å². The lowest BCUT2D eigenvalue weighted by Gasteiger charge is -2.00. The number of nitrogens with one attached hydrogen (secondary N) is 1. The van der Waals surface area contributed by atoms with Crippen molar-refractivity contribution < 1.29 is 13.9 Å². The molecule has 1 aromatic heterocycles. The van der Waals surface area contributed by atoms with Crippen LogP contribution in [0.4, 0.5) is 0 Å². The van der Waals surface area contributed by atoms with Crippen molar-refractivity contribution in [2.45, 2.75) is 32.7 Å². The van der Waals surface area contributed by atoms with Gasteiger partial charge in [-0.05, 0) is 31.9 Å². The molecule has 1 fully saturated rings. The Kier molecular flexibility index (Phi) is 3.84. The van der Waals surface area contributed by atoms with E-state index in [9.17, 15) is 4.79 Å². The van der Waals surface area contributed by atoms with E-state index in [1.807, 2.05) is 0 Å². The van der Waals surface area contributed by atoms with Crippen molar-refractivity contribution in [2.24, 2.45) is 5.92 Å². The van der Waals surface area contributed by atoms with Crippen LogP contribution >= 0.6 is 0 Å². The Labute approximate surface area is 101 Å². The molecule has 1 saturated carbocycles. The lowest BCUT2D eigenvalue weighted by atomic mass is 10.2. The fourth-order valence-electron chi connectivity index (χ4n) is 1.87. The monoisotopic (exact) mass is 237 g/mol. The first-order chi connectivity index (χ1) is 8.20. The number of rotatable bonds is 6. The number of hydrogen-bond donors (Lipinski definition) is 1. The van der Waals surface area contributed by atoms with E-state index in [0.29, 0.717) is 17.9 Å². The predicted octanol–water partition coefficient (Wildman–Crippen LogP) is 2.26. The van der Waals surface area contributed by atoms with Crippen LogP contribution in [0.5, 0.6) is 0 Å². The first-order valence-electron chi connectivity index (χ1n) is 6.09. The van der Waals surface area contributed by atoms with E-state index in [0.717, 1.165) is 18.2 Å². The maximum absolute atomic E-state index is 11.4. The number of ether oxygens (including phenoxy) is 1. The minimum atomic E-state index is -0.338. The van der Waals surface area contributed by atoms with Crippen molar-refractivity contribution in [3.8, 4) is 0 Å². The smallest absolute Gasteiger partial charge is 0.341 e. The summed E-state index contributed by atoms with van der Waals surface area (Å²) in [5.74, 6) is 2.01. The fourth-order valence-corrected chi connectivity index (χ4v) is 1.87. The summed E-state index contributed by atoms with van der Waals surface area (Å²) >= 11 is 0. The van der Waals surface area contributed by atoms with Crippen LogP contribution in [-0.2, 0) is 11.3 Å². The van der Waals surface area contributed by atoms with Crippen LogP contribution in [0.15, 0.2) is 10.5 Å². The standard InChI is InChI=1S/C13H19NO3/c1-9-12(13(15)16-2)7-11(17-9)8-14-6-5-10-3-4-10/h7,10,14H,3-6,8H2,1-2H3. The molecule has 1 N–H and O–H groups in total. The second kappa shape index (κ2) is 5.36. The highest BCUT2D eigenvalue weighted by atomic mass is 16.5. The van der Waals surface area contributed by atoms with Gasteiger partial charge in [-0.25, -0.2) is 4.79 Å². The quantitative estimate of drug-likeness (QED) is 0.609. The summed E-state index contributed by atoms with van der Waals surface area (Å²) in [6.45, 7) is 3.46. The molecule has 0 amide bonds. The number of aryl methyl sites for hydroxylation is 1. The van der Waals surface area contributed by atoms with Crippen molar-refractivity contribution in [3.05, 3.63) is 23.2 Å². The summed E-state index contributed by atoms with van der Waals surface area (Å²) in [7, 11) is 1.38. The van der Waals surface area contributed by atoms with Crippen molar-refractivity contribution in [1.29, 1.82) is 0 Å². The first kappa shape index (κ1) is 12.2. The molecule has 0 aromatic carbocycles. The predicted molar refractivity (Wildman–Crippen MR) is 63.8 cm³/mol. The zero-order valence-electron chi connectivity index (χ0n) is 10.4. The van der Waals surface area contributed by atoms with E-state index in [2.05, 4.69) is 10.1 Å². The molecule has 0 spiro atoms. The van der Waals surface area contributed by atoms with Crippen LogP contribution in [0.2, 0.25) is 0 Å². The molecule has 1 aromatic rings. The van der Waals surface area contributed by atoms with Crippen molar-refractivity contribution in [2.75, 3.05) is 13.7 Å². The van der Waals surface area contributed by atoms with Gasteiger partial charge in [0.15, 0.2) is 0 Å². The van der Waals surface area contributed by atoms with E-state index < -0.39 is 0 Å². The van der Waals surface area contributed by atoms with Crippen LogP contribution in [0.1, 0.15) is 41.1 Å². The summed E-state index contributed by atoms with van der Waals surface area (Å²) in [5, 5.41) is 3.32. The van der Waals surface area contributed by atoms with Gasteiger partial charge in [0.05, 0.1) is 13.7 Å². The minimum absolute atomic E-state index is 0.338. The van der Waals surface area contributed by atoms with Gasteiger partial charge in [-0.2, -0.15) is 0 Å². The van der Waals surface area contributed by atoms with E-state index in [1.54, 1.807) is 13.0 Å². The topological polar surface area (TPSA) is 51.5 Å². The van der Waals surface area contributed by atoms with E-state index in [1.165, 1.54) is 26.4 Å². The molecule has 1 aliphatic carbocycles. The third kappa shape index (κ3) is 3.33. The second-order valence-corrected chi connectivity index (χ2v) is 4.58. The number of hydrogen-bond acceptors (Lipinski definition) is 4. The van der Waals surface area contributed by atoms with Crippen LogP contribution in [0.3, 0.4) is 0 Å². The molecule has 4 nitrogen and oxygen atoms in total. The lowest BCUT2D eigenvalue weighted by Crippen LogP contribution is -2.14. The van der Waals surface area contributed by atoms with Gasteiger partial charge >= 0.3 is 5.97 Å². The number of furan rings is 1. The third-order valence-corrected chi connectivity index (χ3v) is 3.10. The van der Waals surface area contributed by atoms with E-state index in [-0.39, 0.29) is 5.97 Å². The summed E-state index contributed by atoms with van der Waals surface area (Å²) in [6, 6.07) is 1.76. The molecule has 94 valence electrons. The van der Waals surface area contributed by atoms with Crippen molar-refractivity contribution >= 4 is 5.97 Å². The van der Waals surface area contributed by atoms with E-state index >= 15 is 0 Å². The Hall–Kier alpha value is -1.29. The maximum Gasteiger partial charge on any atom is 0.341 e. The minimum Gasteiger partial charge on any atom is -0.465 e. The molecule has 0 aliphatic heterocycles. The number of carbonyl (C=O) groups excluding carboxylic acids is 1. The number of carbonyl (C=O) groups is 1. The largest absolute Gasteiger partial charge is 0.465 e. The molecule has 1 aliphatic rings. The Morgan fingerprint density at radius 3 is 3.00 bits per heavy atom. The van der Waals surface area contributed by atoms with Gasteiger partial charge in [-0.15, -0.1) is 0 Å². The molecule has 2 rings (SSSR count). The molecular formula is C13H19NO3. The molecule has 0 bridgehead atoms. The Balaban J connectivity index is 1.81. The average molecular weight is 237 g/mol. The molecule has 0 radical (unpaired) electrons. The molecule has 0 saturated heterocycles. The Morgan fingerprint density at radius 1 is 1.59 bits per heavy atom. The Morgan fingerprint density at radius 2 is 2.35 bits per heavy atom. The molecular weight excluding hydrogens is 218 g/mol. The maximum atomic E-state index is 11.4. The molecule has 17 heavy (non-hydrogen) atoms. The van der Waals surface area contributed by atoms with Gasteiger partial charge in [0.25, 0.3) is 0 Å². The highest BCUT2D eigenvalue weighted by Crippen LogP contribution is 2.31. The normalized spacial score (nSPS) is 14.9. The number of esters is 1. The summed E-state index contributed by atoms with van der Waals surface area (Å²) < 4.78 is 10.2. The SMILES string of the molecule is COC(=O)c1cc(CNCCC2CC2)oc1C. The zero-order valence-corrected chi connectivity index (χ0v) is 10.4. The van der Waals surface area contributed by atoms with E-state index in [4.69, 9.17) is 4.42 Å². The molecule has 0 atom stereocenters. The van der Waals surface area contributed by atoms with Gasteiger partial charge in [-0.1, -0.05) is 12.8 Å². The van der Waals surface area contributed by atoms with Crippen molar-refractivity contribution in [1.82, 2.24) is 5.32 Å². The summed E-state index contributed by atoms with van der Waals surface area (Å²) in [4.78, 5) is 11.4. The van der Waals surface area contributed by atoms with Crippen LogP contribution in [0.25, 0.3) is 0 Å². The zero-order chi connectivity index (χ0) is 12.3. The molecule has 1 heterocycles. The number of methoxy groups -OCH3 is 1. The molecule has 4 heteroatoms. The lowest BCUT2D eigenvalue weighted by molar-refractivity contribution is 0.0599. The second-order valence-electron chi connectivity index (χ2n) is 4.58. The summed E-state index contributed by atoms with van der Waals surface area (Å²) in [5.41, 5.74) is 0.520. The van der Waals surface area contributed by atoms with Gasteiger partial charge in [0.1, 0.15) is 17.1 Å². The van der Waals surface area contributed by atoms with Gasteiger partial charge in [-0.3, -0.25) is 0 Å². The average Bonchev–Trinajstić information content (AvgIpc) is 3.07. The highest BCUT2D eigenvalue weighted by molar-refractivity contribution is 5.90. The van der Waals surface area contributed by atoms with Gasteiger partial charge in [0.2, 0.25) is 0 Å². The van der Waals surface area contributed by atoms with Crippen LogP contribution in [0, 0.1) is 12.8 Å². The van der Waals surface area contributed by atoms with Gasteiger partial charge in [0, 0.05) is 0 Å². The van der Waals surface area contributed by atoms with Crippen molar-refractivity contribution in [3.63, 3.8) is 0 Å². The fraction of sp³-hybridized carbons (Fsp3) is 0.615. The molecule has 0 unspecified atom stereocenters.